The van der Waals surface area contributed by atoms with E-state index in [1.807, 2.05) is 30.0 Å². The lowest BCUT2D eigenvalue weighted by molar-refractivity contribution is 0.0859. The summed E-state index contributed by atoms with van der Waals surface area (Å²) in [7, 11) is 0. The summed E-state index contributed by atoms with van der Waals surface area (Å²) in [5, 5.41) is 0. The number of likely N-dealkylation sites (tertiary alicyclic amines) is 1. The van der Waals surface area contributed by atoms with Crippen molar-refractivity contribution in [1.82, 2.24) is 9.88 Å². The van der Waals surface area contributed by atoms with Crippen molar-refractivity contribution >= 4 is 5.91 Å². The average molecular weight is 216 g/mol. The molecule has 84 valence electrons. The summed E-state index contributed by atoms with van der Waals surface area (Å²) in [5.41, 5.74) is 1.52. The number of pyridine rings is 1. The maximum atomic E-state index is 12.2. The molecule has 1 saturated heterocycles. The van der Waals surface area contributed by atoms with Crippen LogP contribution in [0.1, 0.15) is 41.9 Å². The van der Waals surface area contributed by atoms with Crippen LogP contribution in [-0.2, 0) is 0 Å². The molecule has 2 fully saturated rings. The largest absolute Gasteiger partial charge is 0.327 e. The maximum Gasteiger partial charge on any atom is 0.273 e. The minimum Gasteiger partial charge on any atom is -0.327 e. The van der Waals surface area contributed by atoms with Crippen LogP contribution in [0.3, 0.4) is 0 Å². The SMILES string of the molecule is Cc1cccc(C(=O)N2C3CCCCC32)n1. The predicted octanol–water partition coefficient (Wildman–Crippen LogP) is 2.16. The van der Waals surface area contributed by atoms with E-state index in [1.165, 1.54) is 25.7 Å². The van der Waals surface area contributed by atoms with Gasteiger partial charge >= 0.3 is 0 Å². The van der Waals surface area contributed by atoms with Crippen molar-refractivity contribution in [2.45, 2.75) is 44.7 Å². The molecule has 1 aliphatic carbocycles. The first kappa shape index (κ1) is 9.82. The number of amides is 1. The number of rotatable bonds is 1. The minimum absolute atomic E-state index is 0.126. The van der Waals surface area contributed by atoms with Crippen LogP contribution in [0.4, 0.5) is 0 Å². The molecule has 1 aromatic heterocycles. The number of fused-ring (bicyclic) bond motifs is 1. The highest BCUT2D eigenvalue weighted by molar-refractivity contribution is 5.94. The maximum absolute atomic E-state index is 12.2. The lowest BCUT2D eigenvalue weighted by Crippen LogP contribution is -2.16. The van der Waals surface area contributed by atoms with Gasteiger partial charge in [0.25, 0.3) is 5.91 Å². The van der Waals surface area contributed by atoms with Crippen molar-refractivity contribution in [3.8, 4) is 0 Å². The van der Waals surface area contributed by atoms with E-state index in [0.29, 0.717) is 17.8 Å². The Labute approximate surface area is 95.5 Å². The molecule has 3 nitrogen and oxygen atoms in total. The van der Waals surface area contributed by atoms with Crippen molar-refractivity contribution in [3.63, 3.8) is 0 Å². The second kappa shape index (κ2) is 3.58. The number of hydrogen-bond acceptors (Lipinski definition) is 2. The average Bonchev–Trinajstić information content (AvgIpc) is 3.02. The third-order valence-electron chi connectivity index (χ3n) is 3.66. The van der Waals surface area contributed by atoms with Crippen LogP contribution in [0.2, 0.25) is 0 Å². The predicted molar refractivity (Wildman–Crippen MR) is 61.2 cm³/mol. The summed E-state index contributed by atoms with van der Waals surface area (Å²) in [4.78, 5) is 18.5. The van der Waals surface area contributed by atoms with Crippen molar-refractivity contribution in [1.29, 1.82) is 0 Å². The minimum atomic E-state index is 0.126. The van der Waals surface area contributed by atoms with Crippen LogP contribution in [0.15, 0.2) is 18.2 Å². The second-order valence-electron chi connectivity index (χ2n) is 4.80. The van der Waals surface area contributed by atoms with Crippen LogP contribution < -0.4 is 0 Å². The highest BCUT2D eigenvalue weighted by Crippen LogP contribution is 2.41. The molecule has 1 saturated carbocycles. The van der Waals surface area contributed by atoms with Crippen LogP contribution >= 0.6 is 0 Å². The Morgan fingerprint density at radius 3 is 2.62 bits per heavy atom. The standard InChI is InChI=1S/C13H16N2O/c1-9-5-4-6-10(14-9)13(16)15-11-7-2-3-8-12(11)15/h4-6,11-12H,2-3,7-8H2,1H3. The fraction of sp³-hybridized carbons (Fsp3) is 0.538. The Bertz CT molecular complexity index is 418. The molecule has 0 radical (unpaired) electrons. The number of nitrogens with zero attached hydrogens (tertiary/aromatic N) is 2. The Hall–Kier alpha value is -1.38. The lowest BCUT2D eigenvalue weighted by atomic mass is 10.0. The molecule has 0 bridgehead atoms. The summed E-state index contributed by atoms with van der Waals surface area (Å²) in [6.45, 7) is 1.92. The summed E-state index contributed by atoms with van der Waals surface area (Å²) >= 11 is 0. The zero-order valence-corrected chi connectivity index (χ0v) is 9.52. The van der Waals surface area contributed by atoms with Gasteiger partial charge in [0.15, 0.2) is 0 Å². The van der Waals surface area contributed by atoms with E-state index in [2.05, 4.69) is 4.98 Å². The van der Waals surface area contributed by atoms with Gasteiger partial charge in [0.1, 0.15) is 5.69 Å². The van der Waals surface area contributed by atoms with E-state index in [0.717, 1.165) is 5.69 Å². The van der Waals surface area contributed by atoms with E-state index >= 15 is 0 Å². The first-order chi connectivity index (χ1) is 7.77. The molecule has 0 spiro atoms. The smallest absolute Gasteiger partial charge is 0.273 e. The quantitative estimate of drug-likeness (QED) is 0.674. The molecule has 0 aromatic carbocycles. The van der Waals surface area contributed by atoms with Crippen molar-refractivity contribution in [2.75, 3.05) is 0 Å². The molecule has 0 N–H and O–H groups in total. The number of carbonyl (C=O) groups is 1. The molecule has 2 heterocycles. The summed E-state index contributed by atoms with van der Waals surface area (Å²) in [6.07, 6.45) is 4.91. The molecular formula is C13H16N2O. The molecule has 2 aliphatic rings. The molecule has 1 aliphatic heterocycles. The summed E-state index contributed by atoms with van der Waals surface area (Å²) in [5.74, 6) is 0.126. The van der Waals surface area contributed by atoms with E-state index in [-0.39, 0.29) is 5.91 Å². The molecule has 16 heavy (non-hydrogen) atoms. The zero-order valence-electron chi connectivity index (χ0n) is 9.52. The fourth-order valence-corrected chi connectivity index (χ4v) is 2.80. The van der Waals surface area contributed by atoms with Gasteiger partial charge in [0.2, 0.25) is 0 Å². The summed E-state index contributed by atoms with van der Waals surface area (Å²) < 4.78 is 0. The van der Waals surface area contributed by atoms with Gasteiger partial charge in [-0.25, -0.2) is 4.98 Å². The third-order valence-corrected chi connectivity index (χ3v) is 3.66. The number of aromatic nitrogens is 1. The molecule has 1 aromatic rings. The molecule has 1 amide bonds. The van der Waals surface area contributed by atoms with Gasteiger partial charge < -0.3 is 4.90 Å². The summed E-state index contributed by atoms with van der Waals surface area (Å²) in [6, 6.07) is 6.68. The van der Waals surface area contributed by atoms with Crippen molar-refractivity contribution in [3.05, 3.63) is 29.6 Å². The molecule has 2 atom stereocenters. The van der Waals surface area contributed by atoms with Gasteiger partial charge in [-0.2, -0.15) is 0 Å². The Morgan fingerprint density at radius 1 is 1.31 bits per heavy atom. The van der Waals surface area contributed by atoms with E-state index in [4.69, 9.17) is 0 Å². The van der Waals surface area contributed by atoms with Crippen molar-refractivity contribution in [2.24, 2.45) is 0 Å². The van der Waals surface area contributed by atoms with Gasteiger partial charge in [0, 0.05) is 5.69 Å². The van der Waals surface area contributed by atoms with Crippen LogP contribution in [0.5, 0.6) is 0 Å². The van der Waals surface area contributed by atoms with Gasteiger partial charge in [-0.3, -0.25) is 4.79 Å². The topological polar surface area (TPSA) is 33.0 Å². The van der Waals surface area contributed by atoms with E-state index in [1.54, 1.807) is 0 Å². The number of carbonyl (C=O) groups excluding carboxylic acids is 1. The highest BCUT2D eigenvalue weighted by Gasteiger charge is 2.51. The first-order valence-corrected chi connectivity index (χ1v) is 6.04. The fourth-order valence-electron chi connectivity index (χ4n) is 2.80. The van der Waals surface area contributed by atoms with Crippen LogP contribution in [0, 0.1) is 6.92 Å². The van der Waals surface area contributed by atoms with Crippen LogP contribution in [0.25, 0.3) is 0 Å². The lowest BCUT2D eigenvalue weighted by Gasteiger charge is -2.03. The molecular weight excluding hydrogens is 200 g/mol. The second-order valence-corrected chi connectivity index (χ2v) is 4.80. The van der Waals surface area contributed by atoms with Gasteiger partial charge in [-0.15, -0.1) is 0 Å². The molecule has 2 unspecified atom stereocenters. The Morgan fingerprint density at radius 2 is 2.00 bits per heavy atom. The van der Waals surface area contributed by atoms with Gasteiger partial charge in [-0.1, -0.05) is 18.9 Å². The highest BCUT2D eigenvalue weighted by atomic mass is 16.2. The van der Waals surface area contributed by atoms with Gasteiger partial charge in [-0.05, 0) is 31.9 Å². The monoisotopic (exact) mass is 216 g/mol. The molecule has 3 rings (SSSR count). The Balaban J connectivity index is 1.79. The van der Waals surface area contributed by atoms with E-state index < -0.39 is 0 Å². The Kier molecular flexibility index (Phi) is 2.20. The molecule has 3 heteroatoms. The van der Waals surface area contributed by atoms with Crippen LogP contribution in [-0.4, -0.2) is 27.9 Å². The van der Waals surface area contributed by atoms with Crippen molar-refractivity contribution < 1.29 is 4.79 Å². The third kappa shape index (κ3) is 1.51. The number of hydrogen-bond donors (Lipinski definition) is 0. The normalized spacial score (nSPS) is 27.4. The first-order valence-electron chi connectivity index (χ1n) is 6.04. The zero-order chi connectivity index (χ0) is 11.1. The van der Waals surface area contributed by atoms with Gasteiger partial charge in [0.05, 0.1) is 12.1 Å². The van der Waals surface area contributed by atoms with E-state index in [9.17, 15) is 4.79 Å². The number of aryl methyl sites for hydroxylation is 1.